The summed E-state index contributed by atoms with van der Waals surface area (Å²) in [4.78, 5) is 10.4. The van der Waals surface area contributed by atoms with Gasteiger partial charge in [-0.15, -0.1) is 0 Å². The standard InChI is InChI=1S/C11H12F3NO/c1-8(7-16)10(11(12,13)14)15-9-5-3-2-4-6-9/h2-8,10,15H,1H3. The van der Waals surface area contributed by atoms with E-state index in [2.05, 4.69) is 5.32 Å². The number of benzene rings is 1. The van der Waals surface area contributed by atoms with E-state index >= 15 is 0 Å². The fourth-order valence-corrected chi connectivity index (χ4v) is 1.30. The lowest BCUT2D eigenvalue weighted by Crippen LogP contribution is -2.42. The van der Waals surface area contributed by atoms with Crippen LogP contribution in [0, 0.1) is 5.92 Å². The Morgan fingerprint density at radius 1 is 1.25 bits per heavy atom. The predicted molar refractivity (Wildman–Crippen MR) is 55.1 cm³/mol. The van der Waals surface area contributed by atoms with Gasteiger partial charge in [-0.3, -0.25) is 0 Å². The third-order valence-corrected chi connectivity index (χ3v) is 2.19. The van der Waals surface area contributed by atoms with Crippen LogP contribution in [0.1, 0.15) is 6.92 Å². The highest BCUT2D eigenvalue weighted by atomic mass is 19.4. The molecule has 0 saturated carbocycles. The third kappa shape index (κ3) is 3.25. The molecule has 1 rings (SSSR count). The highest BCUT2D eigenvalue weighted by molar-refractivity contribution is 5.57. The van der Waals surface area contributed by atoms with Gasteiger partial charge in [-0.2, -0.15) is 13.2 Å². The van der Waals surface area contributed by atoms with Crippen LogP contribution < -0.4 is 5.32 Å². The summed E-state index contributed by atoms with van der Waals surface area (Å²) in [6, 6.07) is 6.15. The van der Waals surface area contributed by atoms with Gasteiger partial charge < -0.3 is 10.1 Å². The Kier molecular flexibility index (Phi) is 3.93. The maximum Gasteiger partial charge on any atom is 0.409 e. The predicted octanol–water partition coefficient (Wildman–Crippen LogP) is 2.86. The van der Waals surface area contributed by atoms with Crippen molar-refractivity contribution in [2.75, 3.05) is 5.32 Å². The van der Waals surface area contributed by atoms with E-state index in [1.54, 1.807) is 18.2 Å². The number of alkyl halides is 3. The second-order valence-electron chi connectivity index (χ2n) is 3.52. The lowest BCUT2D eigenvalue weighted by Gasteiger charge is -2.25. The van der Waals surface area contributed by atoms with E-state index in [0.717, 1.165) is 0 Å². The summed E-state index contributed by atoms with van der Waals surface area (Å²) >= 11 is 0. The van der Waals surface area contributed by atoms with Crippen molar-refractivity contribution in [2.24, 2.45) is 5.92 Å². The monoisotopic (exact) mass is 231 g/mol. The van der Waals surface area contributed by atoms with Crippen molar-refractivity contribution < 1.29 is 18.0 Å². The molecule has 1 aromatic rings. The molecule has 0 saturated heterocycles. The first kappa shape index (κ1) is 12.5. The van der Waals surface area contributed by atoms with E-state index in [4.69, 9.17) is 0 Å². The van der Waals surface area contributed by atoms with E-state index in [1.165, 1.54) is 19.1 Å². The van der Waals surface area contributed by atoms with Crippen molar-refractivity contribution >= 4 is 12.0 Å². The van der Waals surface area contributed by atoms with Crippen LogP contribution in [0.2, 0.25) is 0 Å². The molecule has 0 radical (unpaired) electrons. The summed E-state index contributed by atoms with van der Waals surface area (Å²) in [6.07, 6.45) is -4.15. The molecule has 0 aliphatic rings. The smallest absolute Gasteiger partial charge is 0.373 e. The average molecular weight is 231 g/mol. The van der Waals surface area contributed by atoms with Gasteiger partial charge in [-0.1, -0.05) is 25.1 Å². The molecule has 2 unspecified atom stereocenters. The number of hydrogen-bond donors (Lipinski definition) is 1. The first-order chi connectivity index (χ1) is 7.45. The van der Waals surface area contributed by atoms with E-state index < -0.39 is 18.1 Å². The van der Waals surface area contributed by atoms with Crippen molar-refractivity contribution in [2.45, 2.75) is 19.1 Å². The molecule has 0 bridgehead atoms. The third-order valence-electron chi connectivity index (χ3n) is 2.19. The molecular formula is C11H12F3NO. The van der Waals surface area contributed by atoms with Gasteiger partial charge in [0.15, 0.2) is 0 Å². The summed E-state index contributed by atoms with van der Waals surface area (Å²) < 4.78 is 37.9. The molecule has 1 aromatic carbocycles. The average Bonchev–Trinajstić information content (AvgIpc) is 2.25. The van der Waals surface area contributed by atoms with Crippen molar-refractivity contribution in [3.8, 4) is 0 Å². The van der Waals surface area contributed by atoms with Crippen LogP contribution in [-0.2, 0) is 4.79 Å². The van der Waals surface area contributed by atoms with Gasteiger partial charge in [-0.25, -0.2) is 0 Å². The zero-order valence-electron chi connectivity index (χ0n) is 8.66. The van der Waals surface area contributed by atoms with Gasteiger partial charge in [-0.05, 0) is 12.1 Å². The molecule has 1 N–H and O–H groups in total. The second kappa shape index (κ2) is 5.01. The van der Waals surface area contributed by atoms with Crippen LogP contribution in [0.25, 0.3) is 0 Å². The molecule has 0 fully saturated rings. The number of nitrogens with one attached hydrogen (secondary N) is 1. The molecule has 0 aliphatic carbocycles. The Bertz CT molecular complexity index is 337. The van der Waals surface area contributed by atoms with Crippen LogP contribution >= 0.6 is 0 Å². The largest absolute Gasteiger partial charge is 0.409 e. The lowest BCUT2D eigenvalue weighted by molar-refractivity contribution is -0.155. The van der Waals surface area contributed by atoms with Crippen molar-refractivity contribution in [3.63, 3.8) is 0 Å². The minimum absolute atomic E-state index is 0.300. The summed E-state index contributed by atoms with van der Waals surface area (Å²) in [7, 11) is 0. The van der Waals surface area contributed by atoms with Gasteiger partial charge in [0.1, 0.15) is 12.3 Å². The Morgan fingerprint density at radius 3 is 2.25 bits per heavy atom. The normalized spacial score (nSPS) is 15.2. The first-order valence-corrected chi connectivity index (χ1v) is 4.78. The molecule has 2 nitrogen and oxygen atoms in total. The van der Waals surface area contributed by atoms with Crippen molar-refractivity contribution in [1.29, 1.82) is 0 Å². The molecular weight excluding hydrogens is 219 g/mol. The number of carbonyl (C=O) groups excluding carboxylic acids is 1. The molecule has 16 heavy (non-hydrogen) atoms. The SMILES string of the molecule is CC(C=O)C(Nc1ccccc1)C(F)(F)F. The molecule has 0 aliphatic heterocycles. The number of halogens is 3. The number of aldehydes is 1. The zero-order valence-corrected chi connectivity index (χ0v) is 8.66. The van der Waals surface area contributed by atoms with Gasteiger partial charge in [0, 0.05) is 11.6 Å². The highest BCUT2D eigenvalue weighted by Crippen LogP contribution is 2.27. The Labute approximate surface area is 91.5 Å². The molecule has 5 heteroatoms. The molecule has 0 aromatic heterocycles. The van der Waals surface area contributed by atoms with Crippen LogP contribution in [0.3, 0.4) is 0 Å². The molecule has 88 valence electrons. The van der Waals surface area contributed by atoms with E-state index in [0.29, 0.717) is 12.0 Å². The van der Waals surface area contributed by atoms with Crippen LogP contribution in [0.4, 0.5) is 18.9 Å². The number of anilines is 1. The van der Waals surface area contributed by atoms with E-state index in [-0.39, 0.29) is 0 Å². The fraction of sp³-hybridized carbons (Fsp3) is 0.364. The van der Waals surface area contributed by atoms with E-state index in [1.807, 2.05) is 0 Å². The number of para-hydroxylation sites is 1. The number of carbonyl (C=O) groups is 1. The number of rotatable bonds is 4. The molecule has 0 spiro atoms. The summed E-state index contributed by atoms with van der Waals surface area (Å²) in [5.74, 6) is -1.12. The molecule has 0 heterocycles. The van der Waals surface area contributed by atoms with Gasteiger partial charge >= 0.3 is 6.18 Å². The van der Waals surface area contributed by atoms with Gasteiger partial charge in [0.2, 0.25) is 0 Å². The first-order valence-electron chi connectivity index (χ1n) is 4.78. The Hall–Kier alpha value is -1.52. The Morgan fingerprint density at radius 2 is 1.81 bits per heavy atom. The summed E-state index contributed by atoms with van der Waals surface area (Å²) in [5, 5.41) is 2.31. The minimum Gasteiger partial charge on any atom is -0.373 e. The molecule has 2 atom stereocenters. The van der Waals surface area contributed by atoms with Crippen LogP contribution in [0.5, 0.6) is 0 Å². The van der Waals surface area contributed by atoms with Crippen LogP contribution in [-0.4, -0.2) is 18.5 Å². The fourth-order valence-electron chi connectivity index (χ4n) is 1.30. The highest BCUT2D eigenvalue weighted by Gasteiger charge is 2.43. The van der Waals surface area contributed by atoms with Crippen LogP contribution in [0.15, 0.2) is 30.3 Å². The topological polar surface area (TPSA) is 29.1 Å². The van der Waals surface area contributed by atoms with Crippen molar-refractivity contribution in [3.05, 3.63) is 30.3 Å². The molecule has 0 amide bonds. The maximum atomic E-state index is 12.6. The second-order valence-corrected chi connectivity index (χ2v) is 3.52. The zero-order chi connectivity index (χ0) is 12.2. The minimum atomic E-state index is -4.45. The van der Waals surface area contributed by atoms with Crippen molar-refractivity contribution in [1.82, 2.24) is 0 Å². The van der Waals surface area contributed by atoms with Gasteiger partial charge in [0.05, 0.1) is 0 Å². The van der Waals surface area contributed by atoms with Gasteiger partial charge in [0.25, 0.3) is 0 Å². The summed E-state index contributed by atoms with van der Waals surface area (Å²) in [6.45, 7) is 1.24. The summed E-state index contributed by atoms with van der Waals surface area (Å²) in [5.41, 5.74) is 0.346. The maximum absolute atomic E-state index is 12.6. The van der Waals surface area contributed by atoms with E-state index in [9.17, 15) is 18.0 Å². The lowest BCUT2D eigenvalue weighted by atomic mass is 10.0. The Balaban J connectivity index is 2.84. The number of hydrogen-bond acceptors (Lipinski definition) is 2. The quantitative estimate of drug-likeness (QED) is 0.807.